The molecule has 0 N–H and O–H groups in total. The second-order valence-corrected chi connectivity index (χ2v) is 5.20. The SMILES string of the molecule is O=C1OC2C=CCCCCC2C1(Cl)Cl. The summed E-state index contributed by atoms with van der Waals surface area (Å²) in [7, 11) is 0. The summed E-state index contributed by atoms with van der Waals surface area (Å²) in [6, 6.07) is 0. The van der Waals surface area contributed by atoms with Crippen molar-refractivity contribution in [1.29, 1.82) is 0 Å². The second kappa shape index (κ2) is 3.74. The van der Waals surface area contributed by atoms with Gasteiger partial charge in [-0.05, 0) is 25.3 Å². The van der Waals surface area contributed by atoms with E-state index >= 15 is 0 Å². The van der Waals surface area contributed by atoms with E-state index in [1.165, 1.54) is 0 Å². The van der Waals surface area contributed by atoms with Crippen LogP contribution in [0.3, 0.4) is 0 Å². The van der Waals surface area contributed by atoms with Crippen LogP contribution in [0.15, 0.2) is 12.2 Å². The molecule has 1 fully saturated rings. The van der Waals surface area contributed by atoms with Crippen molar-refractivity contribution >= 4 is 29.2 Å². The minimum absolute atomic E-state index is 0.0881. The lowest BCUT2D eigenvalue weighted by molar-refractivity contribution is -0.140. The zero-order valence-corrected chi connectivity index (χ0v) is 9.22. The molecule has 0 aromatic heterocycles. The Morgan fingerprint density at radius 3 is 3.00 bits per heavy atom. The summed E-state index contributed by atoms with van der Waals surface area (Å²) in [5.41, 5.74) is 0. The number of alkyl halides is 2. The molecule has 78 valence electrons. The molecule has 2 rings (SSSR count). The predicted molar refractivity (Wildman–Crippen MR) is 55.4 cm³/mol. The van der Waals surface area contributed by atoms with Crippen LogP contribution >= 0.6 is 23.2 Å². The number of rotatable bonds is 0. The Morgan fingerprint density at radius 2 is 2.21 bits per heavy atom. The van der Waals surface area contributed by atoms with E-state index in [9.17, 15) is 4.79 Å². The van der Waals surface area contributed by atoms with E-state index in [4.69, 9.17) is 27.9 Å². The lowest BCUT2D eigenvalue weighted by atomic mass is 9.91. The number of ether oxygens (including phenoxy) is 1. The van der Waals surface area contributed by atoms with Gasteiger partial charge in [-0.25, -0.2) is 4.79 Å². The number of hydrogen-bond acceptors (Lipinski definition) is 2. The number of fused-ring (bicyclic) bond motifs is 1. The van der Waals surface area contributed by atoms with Gasteiger partial charge in [-0.15, -0.1) is 0 Å². The molecule has 0 amide bonds. The third-order valence-corrected chi connectivity index (χ3v) is 3.71. The van der Waals surface area contributed by atoms with Gasteiger partial charge in [-0.2, -0.15) is 0 Å². The van der Waals surface area contributed by atoms with Gasteiger partial charge in [0.25, 0.3) is 0 Å². The van der Waals surface area contributed by atoms with Crippen molar-refractivity contribution in [2.75, 3.05) is 0 Å². The molecule has 2 unspecified atom stereocenters. The Bertz CT molecular complexity index is 273. The van der Waals surface area contributed by atoms with E-state index in [0.29, 0.717) is 0 Å². The fraction of sp³-hybridized carbons (Fsp3) is 0.700. The number of carbonyl (C=O) groups is 1. The van der Waals surface area contributed by atoms with Gasteiger partial charge in [0.05, 0.1) is 0 Å². The van der Waals surface area contributed by atoms with Gasteiger partial charge in [-0.3, -0.25) is 0 Å². The summed E-state index contributed by atoms with van der Waals surface area (Å²) in [4.78, 5) is 11.4. The highest BCUT2D eigenvalue weighted by Gasteiger charge is 2.54. The van der Waals surface area contributed by atoms with Gasteiger partial charge in [0, 0.05) is 5.92 Å². The smallest absolute Gasteiger partial charge is 0.343 e. The molecule has 1 aliphatic heterocycles. The molecule has 14 heavy (non-hydrogen) atoms. The van der Waals surface area contributed by atoms with Gasteiger partial charge in [0.15, 0.2) is 0 Å². The molecule has 2 aliphatic rings. The Kier molecular flexibility index (Phi) is 2.76. The van der Waals surface area contributed by atoms with E-state index in [1.807, 2.05) is 12.2 Å². The molecule has 1 heterocycles. The van der Waals surface area contributed by atoms with Gasteiger partial charge in [0.2, 0.25) is 4.33 Å². The highest BCUT2D eigenvalue weighted by Crippen LogP contribution is 2.45. The molecule has 4 heteroatoms. The standard InChI is InChI=1S/C10H12Cl2O2/c11-10(12)7-5-3-1-2-4-6-8(7)14-9(10)13/h4,6-8H,1-3,5H2. The second-order valence-electron chi connectivity index (χ2n) is 3.81. The molecule has 0 radical (unpaired) electrons. The van der Waals surface area contributed by atoms with E-state index in [0.717, 1.165) is 25.7 Å². The summed E-state index contributed by atoms with van der Waals surface area (Å²) in [6.45, 7) is 0. The lowest BCUT2D eigenvalue weighted by Crippen LogP contribution is -2.30. The molecule has 0 saturated carbocycles. The van der Waals surface area contributed by atoms with Crippen molar-refractivity contribution in [3.63, 3.8) is 0 Å². The lowest BCUT2D eigenvalue weighted by Gasteiger charge is -2.21. The highest BCUT2D eigenvalue weighted by molar-refractivity contribution is 6.58. The molecule has 1 aliphatic carbocycles. The fourth-order valence-corrected chi connectivity index (χ4v) is 2.57. The van der Waals surface area contributed by atoms with E-state index in [1.54, 1.807) is 0 Å². The molecule has 0 bridgehead atoms. The Balaban J connectivity index is 2.24. The van der Waals surface area contributed by atoms with Gasteiger partial charge in [0.1, 0.15) is 6.10 Å². The largest absolute Gasteiger partial charge is 0.455 e. The minimum Gasteiger partial charge on any atom is -0.455 e. The van der Waals surface area contributed by atoms with Crippen LogP contribution in [0.25, 0.3) is 0 Å². The van der Waals surface area contributed by atoms with Crippen LogP contribution in [0.2, 0.25) is 0 Å². The van der Waals surface area contributed by atoms with Crippen LogP contribution in [0, 0.1) is 5.92 Å². The average molecular weight is 235 g/mol. The van der Waals surface area contributed by atoms with E-state index < -0.39 is 10.3 Å². The molecule has 2 nitrogen and oxygen atoms in total. The van der Waals surface area contributed by atoms with Crippen molar-refractivity contribution in [2.45, 2.75) is 36.1 Å². The summed E-state index contributed by atoms with van der Waals surface area (Å²) in [5.74, 6) is -0.586. The molecule has 2 atom stereocenters. The van der Waals surface area contributed by atoms with Crippen LogP contribution in [0.5, 0.6) is 0 Å². The maximum absolute atomic E-state index is 11.4. The van der Waals surface area contributed by atoms with Crippen LogP contribution in [-0.2, 0) is 9.53 Å². The Morgan fingerprint density at radius 1 is 1.43 bits per heavy atom. The molecular weight excluding hydrogens is 223 g/mol. The first kappa shape index (κ1) is 10.3. The van der Waals surface area contributed by atoms with Crippen LogP contribution in [0.4, 0.5) is 0 Å². The maximum Gasteiger partial charge on any atom is 0.343 e. The molecule has 0 aromatic carbocycles. The fourth-order valence-electron chi connectivity index (χ4n) is 2.02. The molecule has 1 saturated heterocycles. The summed E-state index contributed by atoms with van der Waals surface area (Å²) in [5, 5.41) is 0. The van der Waals surface area contributed by atoms with Crippen molar-refractivity contribution < 1.29 is 9.53 Å². The third-order valence-electron chi connectivity index (χ3n) is 2.84. The Hall–Kier alpha value is -0.210. The minimum atomic E-state index is -1.34. The highest BCUT2D eigenvalue weighted by atomic mass is 35.5. The van der Waals surface area contributed by atoms with Crippen LogP contribution < -0.4 is 0 Å². The normalized spacial score (nSPS) is 35.7. The van der Waals surface area contributed by atoms with Crippen molar-refractivity contribution in [3.05, 3.63) is 12.2 Å². The van der Waals surface area contributed by atoms with Crippen molar-refractivity contribution in [1.82, 2.24) is 0 Å². The summed E-state index contributed by atoms with van der Waals surface area (Å²) in [6.07, 6.45) is 7.79. The van der Waals surface area contributed by atoms with Gasteiger partial charge >= 0.3 is 5.97 Å². The number of halogens is 2. The number of esters is 1. The number of hydrogen-bond donors (Lipinski definition) is 0. The molecular formula is C10H12Cl2O2. The van der Waals surface area contributed by atoms with Crippen molar-refractivity contribution in [3.8, 4) is 0 Å². The zero-order valence-electron chi connectivity index (χ0n) is 7.71. The first-order valence-corrected chi connectivity index (χ1v) is 5.63. The topological polar surface area (TPSA) is 26.3 Å². The number of allylic oxidation sites excluding steroid dienone is 1. The Labute approximate surface area is 93.2 Å². The summed E-state index contributed by atoms with van der Waals surface area (Å²) >= 11 is 11.9. The summed E-state index contributed by atoms with van der Waals surface area (Å²) < 4.78 is 3.79. The monoisotopic (exact) mass is 234 g/mol. The van der Waals surface area contributed by atoms with E-state index in [-0.39, 0.29) is 12.0 Å². The first-order valence-electron chi connectivity index (χ1n) is 4.88. The molecule has 0 aromatic rings. The van der Waals surface area contributed by atoms with Gasteiger partial charge in [-0.1, -0.05) is 35.7 Å². The first-order chi connectivity index (χ1) is 6.62. The number of carbonyl (C=O) groups excluding carboxylic acids is 1. The van der Waals surface area contributed by atoms with Crippen LogP contribution in [-0.4, -0.2) is 16.4 Å². The average Bonchev–Trinajstić information content (AvgIpc) is 2.26. The molecule has 0 spiro atoms. The quantitative estimate of drug-likeness (QED) is 0.366. The van der Waals surface area contributed by atoms with E-state index in [2.05, 4.69) is 0 Å². The predicted octanol–water partition coefficient (Wildman–Crippen LogP) is 2.83. The van der Waals surface area contributed by atoms with Crippen molar-refractivity contribution in [2.24, 2.45) is 5.92 Å². The zero-order chi connectivity index (χ0) is 10.2. The maximum atomic E-state index is 11.4. The third kappa shape index (κ3) is 1.66. The van der Waals surface area contributed by atoms with Gasteiger partial charge < -0.3 is 4.74 Å². The van der Waals surface area contributed by atoms with Crippen LogP contribution in [0.1, 0.15) is 25.7 Å².